The van der Waals surface area contributed by atoms with Crippen molar-refractivity contribution in [2.24, 2.45) is 0 Å². The van der Waals surface area contributed by atoms with E-state index >= 15 is 0 Å². The van der Waals surface area contributed by atoms with E-state index in [9.17, 15) is 0 Å². The molecule has 0 spiro atoms. The Bertz CT molecular complexity index is 94.8. The molecule has 0 saturated carbocycles. The largest absolute Gasteiger partial charge is 0.391 e. The average molecular weight is 232 g/mol. The van der Waals surface area contributed by atoms with Gasteiger partial charge in [-0.1, -0.05) is 39.5 Å². The van der Waals surface area contributed by atoms with Gasteiger partial charge in [-0.05, 0) is 33.6 Å². The van der Waals surface area contributed by atoms with Crippen LogP contribution < -0.4 is 0 Å². The molecule has 0 unspecified atom stereocenters. The third-order valence-corrected chi connectivity index (χ3v) is 1.78. The molecular weight excluding hydrogens is 200 g/mol. The highest BCUT2D eigenvalue weighted by atomic mass is 16.5. The van der Waals surface area contributed by atoms with Crippen LogP contribution in [0, 0.1) is 0 Å². The molecule has 0 atom stereocenters. The summed E-state index contributed by atoms with van der Waals surface area (Å²) in [6, 6.07) is 0. The minimum Gasteiger partial charge on any atom is -0.391 e. The van der Waals surface area contributed by atoms with E-state index in [1.807, 2.05) is 0 Å². The summed E-state index contributed by atoms with van der Waals surface area (Å²) >= 11 is 0. The summed E-state index contributed by atoms with van der Waals surface area (Å²) in [5, 5.41) is 8.52. The number of rotatable bonds is 3. The smallest absolute Gasteiger partial charge is 0.0563 e. The molecule has 0 aliphatic carbocycles. The minimum atomic E-state index is -0.500. The molecule has 1 N–H and O–H groups in total. The Morgan fingerprint density at radius 1 is 0.938 bits per heavy atom. The third-order valence-electron chi connectivity index (χ3n) is 1.78. The zero-order chi connectivity index (χ0) is 12.9. The van der Waals surface area contributed by atoms with Gasteiger partial charge in [0.15, 0.2) is 0 Å². The van der Waals surface area contributed by atoms with Crippen molar-refractivity contribution in [1.82, 2.24) is 0 Å². The summed E-state index contributed by atoms with van der Waals surface area (Å²) in [5.41, 5.74) is -0.500. The fraction of sp³-hybridized carbons (Fsp3) is 1.00. The normalized spacial score (nSPS) is 14.6. The molecule has 0 aromatic carbocycles. The molecule has 1 fully saturated rings. The summed E-state index contributed by atoms with van der Waals surface area (Å²) in [6.45, 7) is 11.7. The van der Waals surface area contributed by atoms with Gasteiger partial charge in [0.05, 0.1) is 5.60 Å². The van der Waals surface area contributed by atoms with E-state index in [0.29, 0.717) is 0 Å². The molecule has 0 amide bonds. The Labute approximate surface area is 102 Å². The van der Waals surface area contributed by atoms with Crippen molar-refractivity contribution in [3.05, 3.63) is 0 Å². The highest BCUT2D eigenvalue weighted by Crippen LogP contribution is 1.98. The first-order valence-corrected chi connectivity index (χ1v) is 6.72. The summed E-state index contributed by atoms with van der Waals surface area (Å²) in [6.07, 6.45) is 8.09. The Balaban J connectivity index is 0. The van der Waals surface area contributed by atoms with Gasteiger partial charge < -0.3 is 9.84 Å². The van der Waals surface area contributed by atoms with Crippen LogP contribution in [0.2, 0.25) is 0 Å². The van der Waals surface area contributed by atoms with E-state index < -0.39 is 5.60 Å². The van der Waals surface area contributed by atoms with E-state index in [4.69, 9.17) is 9.84 Å². The lowest BCUT2D eigenvalue weighted by Gasteiger charge is -2.04. The van der Waals surface area contributed by atoms with Gasteiger partial charge >= 0.3 is 0 Å². The molecule has 16 heavy (non-hydrogen) atoms. The number of ether oxygens (including phenoxy) is 1. The van der Waals surface area contributed by atoms with Crippen LogP contribution in [0.4, 0.5) is 0 Å². The Hall–Kier alpha value is -0.0800. The fourth-order valence-electron chi connectivity index (χ4n) is 1.01. The monoisotopic (exact) mass is 232 g/mol. The second-order valence-corrected chi connectivity index (χ2v) is 5.20. The highest BCUT2D eigenvalue weighted by Gasteiger charge is 1.97. The number of unbranched alkanes of at least 4 members (excludes halogenated alkanes) is 3. The molecule has 100 valence electrons. The Morgan fingerprint density at radius 3 is 1.38 bits per heavy atom. The molecule has 0 aromatic heterocycles. The first-order chi connectivity index (χ1) is 7.41. The average Bonchev–Trinajstić information content (AvgIpc) is 2.69. The van der Waals surface area contributed by atoms with Gasteiger partial charge in [-0.2, -0.15) is 0 Å². The fourth-order valence-corrected chi connectivity index (χ4v) is 1.01. The Kier molecular flexibility index (Phi) is 14.8. The summed E-state index contributed by atoms with van der Waals surface area (Å²) < 4.78 is 4.94. The SMILES string of the molecule is C1CCOC1.CC(C)(C)O.CCCCCC. The van der Waals surface area contributed by atoms with Gasteiger partial charge in [-0.3, -0.25) is 0 Å². The maximum absolute atomic E-state index is 8.52. The van der Waals surface area contributed by atoms with Crippen LogP contribution in [0.1, 0.15) is 73.1 Å². The summed E-state index contributed by atoms with van der Waals surface area (Å²) in [4.78, 5) is 0. The van der Waals surface area contributed by atoms with Crippen LogP contribution in [0.25, 0.3) is 0 Å². The van der Waals surface area contributed by atoms with Gasteiger partial charge in [0.1, 0.15) is 0 Å². The molecule has 0 bridgehead atoms. The quantitative estimate of drug-likeness (QED) is 0.740. The van der Waals surface area contributed by atoms with Crippen LogP contribution in [-0.4, -0.2) is 23.9 Å². The molecule has 2 nitrogen and oxygen atoms in total. The number of aliphatic hydroxyl groups is 1. The van der Waals surface area contributed by atoms with Crippen LogP contribution in [0.5, 0.6) is 0 Å². The number of hydrogen-bond acceptors (Lipinski definition) is 2. The summed E-state index contributed by atoms with van der Waals surface area (Å²) in [5.74, 6) is 0. The molecule has 0 radical (unpaired) electrons. The van der Waals surface area contributed by atoms with Crippen molar-refractivity contribution in [3.63, 3.8) is 0 Å². The molecular formula is C14H32O2. The topological polar surface area (TPSA) is 29.5 Å². The van der Waals surface area contributed by atoms with Crippen molar-refractivity contribution in [1.29, 1.82) is 0 Å². The lowest BCUT2D eigenvalue weighted by Crippen LogP contribution is -2.10. The van der Waals surface area contributed by atoms with E-state index in [-0.39, 0.29) is 0 Å². The molecule has 1 aliphatic rings. The molecule has 1 heterocycles. The summed E-state index contributed by atoms with van der Waals surface area (Å²) in [7, 11) is 0. The predicted octanol–water partition coefficient (Wildman–Crippen LogP) is 4.16. The van der Waals surface area contributed by atoms with Gasteiger partial charge in [0.25, 0.3) is 0 Å². The Morgan fingerprint density at radius 2 is 1.25 bits per heavy atom. The number of hydrogen-bond donors (Lipinski definition) is 1. The highest BCUT2D eigenvalue weighted by molar-refractivity contribution is 4.50. The van der Waals surface area contributed by atoms with E-state index in [1.54, 1.807) is 20.8 Å². The second kappa shape index (κ2) is 13.0. The lowest BCUT2D eigenvalue weighted by molar-refractivity contribution is 0.102. The van der Waals surface area contributed by atoms with E-state index in [2.05, 4.69) is 13.8 Å². The van der Waals surface area contributed by atoms with Crippen molar-refractivity contribution in [2.45, 2.75) is 78.7 Å². The lowest BCUT2D eigenvalue weighted by atomic mass is 10.2. The third kappa shape index (κ3) is 37.0. The molecule has 1 rings (SSSR count). The van der Waals surface area contributed by atoms with Gasteiger partial charge in [0, 0.05) is 13.2 Å². The van der Waals surface area contributed by atoms with Gasteiger partial charge in [-0.15, -0.1) is 0 Å². The minimum absolute atomic E-state index is 0.500. The molecule has 2 heteroatoms. The maximum atomic E-state index is 8.52. The predicted molar refractivity (Wildman–Crippen MR) is 71.8 cm³/mol. The van der Waals surface area contributed by atoms with Crippen molar-refractivity contribution < 1.29 is 9.84 Å². The van der Waals surface area contributed by atoms with E-state index in [1.165, 1.54) is 38.5 Å². The first kappa shape index (κ1) is 18.3. The van der Waals surface area contributed by atoms with Crippen molar-refractivity contribution in [2.75, 3.05) is 13.2 Å². The zero-order valence-electron chi connectivity index (χ0n) is 12.0. The molecule has 1 saturated heterocycles. The second-order valence-electron chi connectivity index (χ2n) is 5.20. The zero-order valence-corrected chi connectivity index (χ0v) is 12.0. The van der Waals surface area contributed by atoms with Crippen LogP contribution in [-0.2, 0) is 4.74 Å². The van der Waals surface area contributed by atoms with E-state index in [0.717, 1.165) is 13.2 Å². The van der Waals surface area contributed by atoms with Crippen LogP contribution in [0.3, 0.4) is 0 Å². The van der Waals surface area contributed by atoms with Crippen LogP contribution >= 0.6 is 0 Å². The standard InChI is InChI=1S/C6H14.C4H8O.C4H10O/c1-3-5-6-4-2;1-2-4-5-3-1;1-4(2,3)5/h3-6H2,1-2H3;1-4H2;5H,1-3H3. The molecule has 1 aliphatic heterocycles. The van der Waals surface area contributed by atoms with Gasteiger partial charge in [0.2, 0.25) is 0 Å². The van der Waals surface area contributed by atoms with Crippen molar-refractivity contribution >= 4 is 0 Å². The van der Waals surface area contributed by atoms with Crippen molar-refractivity contribution in [3.8, 4) is 0 Å². The van der Waals surface area contributed by atoms with Gasteiger partial charge in [-0.25, -0.2) is 0 Å². The maximum Gasteiger partial charge on any atom is 0.0563 e. The van der Waals surface area contributed by atoms with Crippen LogP contribution in [0.15, 0.2) is 0 Å². The molecule has 0 aromatic rings. The first-order valence-electron chi connectivity index (χ1n) is 6.72.